The molecule has 8 heteroatoms. The van der Waals surface area contributed by atoms with Gasteiger partial charge in [-0.2, -0.15) is 0 Å². The van der Waals surface area contributed by atoms with Gasteiger partial charge in [-0.05, 0) is 70.4 Å². The van der Waals surface area contributed by atoms with Crippen LogP contribution in [0.4, 0.5) is 4.39 Å². The van der Waals surface area contributed by atoms with Crippen LogP contribution in [-0.4, -0.2) is 30.6 Å². The predicted octanol–water partition coefficient (Wildman–Crippen LogP) is 4.53. The van der Waals surface area contributed by atoms with Crippen molar-refractivity contribution in [3.8, 4) is 5.75 Å². The van der Waals surface area contributed by atoms with Crippen molar-refractivity contribution in [2.75, 3.05) is 13.7 Å². The number of ether oxygens (including phenoxy) is 2. The lowest BCUT2D eigenvalue weighted by Gasteiger charge is -2.39. The Bertz CT molecular complexity index is 1220. The molecule has 0 aliphatic carbocycles. The minimum Gasteiger partial charge on any atom is -0.491 e. The zero-order valence-electron chi connectivity index (χ0n) is 17.4. The molecule has 1 N–H and O–H groups in total. The second kappa shape index (κ2) is 8.70. The molecule has 1 aromatic heterocycles. The zero-order valence-corrected chi connectivity index (χ0v) is 19.0. The molecule has 0 saturated carbocycles. The van der Waals surface area contributed by atoms with Crippen molar-refractivity contribution >= 4 is 27.8 Å². The van der Waals surface area contributed by atoms with Crippen LogP contribution in [0.15, 0.2) is 59.2 Å². The SMILES string of the molecule is COC(=O)c1ccc(C(=O)N[C@]2(c3ccc(C)c(F)c3)CCOc3cccnc32)cc1Br. The first kappa shape index (κ1) is 22.0. The maximum absolute atomic E-state index is 14.5. The van der Waals surface area contributed by atoms with E-state index in [1.54, 1.807) is 43.5 Å². The number of aromatic nitrogens is 1. The van der Waals surface area contributed by atoms with Crippen LogP contribution < -0.4 is 10.1 Å². The van der Waals surface area contributed by atoms with Crippen LogP contribution in [0.25, 0.3) is 0 Å². The van der Waals surface area contributed by atoms with Crippen LogP contribution in [0.5, 0.6) is 5.75 Å². The Balaban J connectivity index is 1.79. The summed E-state index contributed by atoms with van der Waals surface area (Å²) in [7, 11) is 1.29. The molecule has 164 valence electrons. The van der Waals surface area contributed by atoms with Crippen molar-refractivity contribution in [2.24, 2.45) is 0 Å². The molecule has 32 heavy (non-hydrogen) atoms. The van der Waals surface area contributed by atoms with Crippen molar-refractivity contribution < 1.29 is 23.5 Å². The van der Waals surface area contributed by atoms with Crippen molar-refractivity contribution in [1.29, 1.82) is 0 Å². The molecular formula is C24H20BrFN2O4. The van der Waals surface area contributed by atoms with E-state index in [1.807, 2.05) is 0 Å². The van der Waals surface area contributed by atoms with Crippen molar-refractivity contribution in [3.05, 3.63) is 93.0 Å². The molecule has 0 saturated heterocycles. The van der Waals surface area contributed by atoms with Gasteiger partial charge in [-0.1, -0.05) is 12.1 Å². The average molecular weight is 499 g/mol. The maximum Gasteiger partial charge on any atom is 0.339 e. The number of fused-ring (bicyclic) bond motifs is 1. The highest BCUT2D eigenvalue weighted by atomic mass is 79.9. The van der Waals surface area contributed by atoms with Gasteiger partial charge in [0.25, 0.3) is 5.91 Å². The van der Waals surface area contributed by atoms with Gasteiger partial charge in [0.1, 0.15) is 22.8 Å². The highest BCUT2D eigenvalue weighted by Crippen LogP contribution is 2.41. The molecule has 0 unspecified atom stereocenters. The number of carbonyl (C=O) groups excluding carboxylic acids is 2. The number of pyridine rings is 1. The number of nitrogens with one attached hydrogen (secondary N) is 1. The van der Waals surface area contributed by atoms with Crippen LogP contribution in [0.3, 0.4) is 0 Å². The summed E-state index contributed by atoms with van der Waals surface area (Å²) in [6, 6.07) is 13.0. The summed E-state index contributed by atoms with van der Waals surface area (Å²) in [4.78, 5) is 29.7. The van der Waals surface area contributed by atoms with Crippen LogP contribution in [-0.2, 0) is 10.3 Å². The minimum absolute atomic E-state index is 0.303. The molecule has 1 atom stereocenters. The molecule has 0 fully saturated rings. The van der Waals surface area contributed by atoms with Crippen LogP contribution in [0.1, 0.15) is 44.0 Å². The molecule has 1 amide bonds. The number of nitrogens with zero attached hydrogens (tertiary/aromatic N) is 1. The van der Waals surface area contributed by atoms with Crippen molar-refractivity contribution in [3.63, 3.8) is 0 Å². The topological polar surface area (TPSA) is 77.5 Å². The summed E-state index contributed by atoms with van der Waals surface area (Å²) in [6.07, 6.45) is 1.98. The number of carbonyl (C=O) groups is 2. The van der Waals surface area contributed by atoms with Gasteiger partial charge in [-0.3, -0.25) is 9.78 Å². The summed E-state index contributed by atoms with van der Waals surface area (Å²) >= 11 is 3.32. The van der Waals surface area contributed by atoms with E-state index in [2.05, 4.69) is 26.2 Å². The fourth-order valence-electron chi connectivity index (χ4n) is 3.79. The van der Waals surface area contributed by atoms with Crippen LogP contribution in [0, 0.1) is 12.7 Å². The van der Waals surface area contributed by atoms with Gasteiger partial charge in [0.2, 0.25) is 0 Å². The smallest absolute Gasteiger partial charge is 0.339 e. The number of amides is 1. The Morgan fingerprint density at radius 1 is 1.22 bits per heavy atom. The largest absolute Gasteiger partial charge is 0.491 e. The Labute approximate surface area is 192 Å². The first-order valence-corrected chi connectivity index (χ1v) is 10.7. The van der Waals surface area contributed by atoms with E-state index in [9.17, 15) is 14.0 Å². The van der Waals surface area contributed by atoms with E-state index in [4.69, 9.17) is 9.47 Å². The molecule has 1 aliphatic heterocycles. The van der Waals surface area contributed by atoms with Gasteiger partial charge in [-0.25, -0.2) is 9.18 Å². The highest BCUT2D eigenvalue weighted by molar-refractivity contribution is 9.10. The van der Waals surface area contributed by atoms with Gasteiger partial charge in [0.05, 0.1) is 19.3 Å². The number of rotatable bonds is 4. The molecule has 1 aliphatic rings. The Kier molecular flexibility index (Phi) is 5.97. The van der Waals surface area contributed by atoms with Crippen LogP contribution in [0.2, 0.25) is 0 Å². The van der Waals surface area contributed by atoms with Gasteiger partial charge in [-0.15, -0.1) is 0 Å². The standard InChI is InChI=1S/C24H20BrFN2O4/c1-14-5-7-16(13-19(14)26)24(9-11-32-20-4-3-10-27-21(20)24)28-22(29)15-6-8-17(18(25)12-15)23(30)31-2/h3-8,10,12-13H,9,11H2,1-2H3,(H,28,29)/t24-/m0/s1. The Morgan fingerprint density at radius 3 is 2.75 bits per heavy atom. The minimum atomic E-state index is -1.09. The quantitative estimate of drug-likeness (QED) is 0.534. The summed E-state index contributed by atoms with van der Waals surface area (Å²) in [5.74, 6) is -0.757. The monoisotopic (exact) mass is 498 g/mol. The van der Waals surface area contributed by atoms with Gasteiger partial charge < -0.3 is 14.8 Å². The third kappa shape index (κ3) is 3.86. The molecular weight excluding hydrogens is 479 g/mol. The Hall–Kier alpha value is -3.26. The highest BCUT2D eigenvalue weighted by Gasteiger charge is 2.43. The Morgan fingerprint density at radius 2 is 2.03 bits per heavy atom. The number of halogens is 2. The second-order valence-corrected chi connectivity index (χ2v) is 8.31. The summed E-state index contributed by atoms with van der Waals surface area (Å²) in [5, 5.41) is 3.07. The van der Waals surface area contributed by atoms with E-state index < -0.39 is 17.4 Å². The third-order valence-electron chi connectivity index (χ3n) is 5.54. The van der Waals surface area contributed by atoms with Crippen molar-refractivity contribution in [1.82, 2.24) is 10.3 Å². The van der Waals surface area contributed by atoms with E-state index in [0.717, 1.165) is 0 Å². The molecule has 0 spiro atoms. The summed E-state index contributed by atoms with van der Waals surface area (Å²) < 4.78 is 25.5. The summed E-state index contributed by atoms with van der Waals surface area (Å²) in [6.45, 7) is 2.00. The number of esters is 1. The zero-order chi connectivity index (χ0) is 22.9. The first-order chi connectivity index (χ1) is 15.4. The number of hydrogen-bond acceptors (Lipinski definition) is 5. The molecule has 2 heterocycles. The number of aryl methyl sites for hydroxylation is 1. The molecule has 6 nitrogen and oxygen atoms in total. The van der Waals surface area contributed by atoms with E-state index in [-0.39, 0.29) is 5.82 Å². The van der Waals surface area contributed by atoms with E-state index in [0.29, 0.717) is 51.2 Å². The van der Waals surface area contributed by atoms with E-state index in [1.165, 1.54) is 25.3 Å². The van der Waals surface area contributed by atoms with Gasteiger partial charge in [0.15, 0.2) is 0 Å². The molecule has 2 aromatic carbocycles. The molecule has 0 radical (unpaired) electrons. The summed E-state index contributed by atoms with van der Waals surface area (Å²) in [5.41, 5.74) is 1.12. The predicted molar refractivity (Wildman–Crippen MR) is 119 cm³/mol. The average Bonchev–Trinajstić information content (AvgIpc) is 2.80. The van der Waals surface area contributed by atoms with Gasteiger partial charge in [0, 0.05) is 22.7 Å². The van der Waals surface area contributed by atoms with Crippen LogP contribution >= 0.6 is 15.9 Å². The van der Waals surface area contributed by atoms with E-state index >= 15 is 0 Å². The second-order valence-electron chi connectivity index (χ2n) is 7.46. The fourth-order valence-corrected chi connectivity index (χ4v) is 4.33. The normalized spacial score (nSPS) is 17.1. The van der Waals surface area contributed by atoms with Crippen molar-refractivity contribution in [2.45, 2.75) is 18.9 Å². The number of benzene rings is 2. The molecule has 4 rings (SSSR count). The first-order valence-electron chi connectivity index (χ1n) is 9.91. The van der Waals surface area contributed by atoms with Gasteiger partial charge >= 0.3 is 5.97 Å². The number of methoxy groups -OCH3 is 1. The lowest BCUT2D eigenvalue weighted by atomic mass is 9.80. The fraction of sp³-hybridized carbons (Fsp3) is 0.208. The lowest BCUT2D eigenvalue weighted by molar-refractivity contribution is 0.0599. The maximum atomic E-state index is 14.5. The molecule has 3 aromatic rings. The lowest BCUT2D eigenvalue weighted by Crippen LogP contribution is -2.50. The number of hydrogen-bond donors (Lipinski definition) is 1. The third-order valence-corrected chi connectivity index (χ3v) is 6.19. The molecule has 0 bridgehead atoms.